The first-order chi connectivity index (χ1) is 9.08. The Bertz CT molecular complexity index is 456. The maximum absolute atomic E-state index is 11.2. The monoisotopic (exact) mass is 266 g/mol. The Morgan fingerprint density at radius 1 is 1.63 bits per heavy atom. The minimum Gasteiger partial charge on any atom is -0.489 e. The number of hydrogen-bond donors (Lipinski definition) is 1. The molecule has 2 heterocycles. The molecule has 1 aromatic rings. The quantitative estimate of drug-likeness (QED) is 0.873. The average molecular weight is 266 g/mol. The number of carboxylic acid groups (broad SMARTS) is 1. The summed E-state index contributed by atoms with van der Waals surface area (Å²) < 4.78 is 10.8. The van der Waals surface area contributed by atoms with Crippen LogP contribution in [0.5, 0.6) is 5.75 Å². The Balaban J connectivity index is 2.11. The van der Waals surface area contributed by atoms with E-state index in [1.54, 1.807) is 0 Å². The van der Waals surface area contributed by atoms with Crippen LogP contribution in [-0.2, 0) is 4.74 Å². The molecule has 104 valence electrons. The third-order valence-electron chi connectivity index (χ3n) is 2.99. The largest absolute Gasteiger partial charge is 0.489 e. The summed E-state index contributed by atoms with van der Waals surface area (Å²) in [6.45, 7) is 5.66. The van der Waals surface area contributed by atoms with Crippen LogP contribution in [0, 0.1) is 5.92 Å². The molecule has 0 radical (unpaired) electrons. The van der Waals surface area contributed by atoms with Crippen LogP contribution in [-0.4, -0.2) is 40.9 Å². The molecule has 0 amide bonds. The maximum Gasteiger partial charge on any atom is 0.358 e. The van der Waals surface area contributed by atoms with Crippen LogP contribution >= 0.6 is 0 Å². The molecule has 1 aliphatic rings. The van der Waals surface area contributed by atoms with Crippen molar-refractivity contribution in [2.45, 2.75) is 26.2 Å². The van der Waals surface area contributed by atoms with E-state index in [0.29, 0.717) is 25.0 Å². The normalized spacial score (nSPS) is 18.8. The molecule has 1 N–H and O–H groups in total. The van der Waals surface area contributed by atoms with E-state index in [0.717, 1.165) is 13.0 Å². The van der Waals surface area contributed by atoms with Gasteiger partial charge in [-0.2, -0.15) is 0 Å². The van der Waals surface area contributed by atoms with Crippen molar-refractivity contribution in [2.75, 3.05) is 19.8 Å². The molecule has 0 saturated carbocycles. The molecule has 1 aliphatic heterocycles. The molecule has 1 saturated heterocycles. The van der Waals surface area contributed by atoms with Crippen LogP contribution < -0.4 is 4.74 Å². The second-order valence-electron chi connectivity index (χ2n) is 4.94. The minimum absolute atomic E-state index is 0.0717. The summed E-state index contributed by atoms with van der Waals surface area (Å²) in [5, 5.41) is 9.17. The molecular weight excluding hydrogens is 248 g/mol. The van der Waals surface area contributed by atoms with Crippen LogP contribution in [0.1, 0.15) is 42.5 Å². The van der Waals surface area contributed by atoms with Gasteiger partial charge in [0.05, 0.1) is 19.4 Å². The van der Waals surface area contributed by atoms with Gasteiger partial charge < -0.3 is 14.6 Å². The second-order valence-corrected chi connectivity index (χ2v) is 4.94. The van der Waals surface area contributed by atoms with Crippen LogP contribution in [0.3, 0.4) is 0 Å². The third-order valence-corrected chi connectivity index (χ3v) is 2.99. The molecule has 1 aromatic heterocycles. The highest BCUT2D eigenvalue weighted by molar-refractivity contribution is 5.88. The SMILES string of the molecule is CC(C)c1ncc(OCC2CCOC2)c(C(=O)O)n1. The molecule has 1 fully saturated rings. The van der Waals surface area contributed by atoms with E-state index in [2.05, 4.69) is 9.97 Å². The van der Waals surface area contributed by atoms with Crippen molar-refractivity contribution in [3.8, 4) is 5.75 Å². The Morgan fingerprint density at radius 3 is 3.00 bits per heavy atom. The zero-order valence-electron chi connectivity index (χ0n) is 11.1. The van der Waals surface area contributed by atoms with Gasteiger partial charge in [-0.15, -0.1) is 0 Å². The standard InChI is InChI=1S/C13H18N2O4/c1-8(2)12-14-5-10(11(15-12)13(16)17)19-7-9-3-4-18-6-9/h5,8-9H,3-4,6-7H2,1-2H3,(H,16,17). The lowest BCUT2D eigenvalue weighted by Gasteiger charge is -2.13. The van der Waals surface area contributed by atoms with Gasteiger partial charge in [0.1, 0.15) is 5.82 Å². The van der Waals surface area contributed by atoms with Gasteiger partial charge in [0.2, 0.25) is 0 Å². The fraction of sp³-hybridized carbons (Fsp3) is 0.615. The molecule has 6 heteroatoms. The molecule has 0 aliphatic carbocycles. The molecule has 1 unspecified atom stereocenters. The van der Waals surface area contributed by atoms with E-state index < -0.39 is 5.97 Å². The molecule has 0 bridgehead atoms. The van der Waals surface area contributed by atoms with Crippen molar-refractivity contribution in [3.63, 3.8) is 0 Å². The van der Waals surface area contributed by atoms with Crippen LogP contribution in [0.25, 0.3) is 0 Å². The summed E-state index contributed by atoms with van der Waals surface area (Å²) in [5.41, 5.74) is -0.0717. The van der Waals surface area contributed by atoms with Crippen LogP contribution in [0.4, 0.5) is 0 Å². The third kappa shape index (κ3) is 3.41. The number of rotatable bonds is 5. The summed E-state index contributed by atoms with van der Waals surface area (Å²) in [6, 6.07) is 0. The number of carboxylic acids is 1. The number of aromatic carboxylic acids is 1. The van der Waals surface area contributed by atoms with Crippen LogP contribution in [0.15, 0.2) is 6.20 Å². The van der Waals surface area contributed by atoms with Crippen molar-refractivity contribution in [1.29, 1.82) is 0 Å². The zero-order valence-corrected chi connectivity index (χ0v) is 11.1. The smallest absolute Gasteiger partial charge is 0.358 e. The predicted molar refractivity (Wildman–Crippen MR) is 67.5 cm³/mol. The number of ether oxygens (including phenoxy) is 2. The Labute approximate surface area is 111 Å². The lowest BCUT2D eigenvalue weighted by molar-refractivity contribution is 0.0683. The summed E-state index contributed by atoms with van der Waals surface area (Å²) in [7, 11) is 0. The average Bonchev–Trinajstić information content (AvgIpc) is 2.89. The van der Waals surface area contributed by atoms with E-state index in [-0.39, 0.29) is 17.4 Å². The Kier molecular flexibility index (Phi) is 4.31. The van der Waals surface area contributed by atoms with E-state index >= 15 is 0 Å². The van der Waals surface area contributed by atoms with Gasteiger partial charge in [-0.25, -0.2) is 14.8 Å². The van der Waals surface area contributed by atoms with Crippen molar-refractivity contribution < 1.29 is 19.4 Å². The summed E-state index contributed by atoms with van der Waals surface area (Å²) >= 11 is 0. The van der Waals surface area contributed by atoms with Crippen molar-refractivity contribution in [1.82, 2.24) is 9.97 Å². The Morgan fingerprint density at radius 2 is 2.42 bits per heavy atom. The van der Waals surface area contributed by atoms with Gasteiger partial charge >= 0.3 is 5.97 Å². The van der Waals surface area contributed by atoms with E-state index in [1.165, 1.54) is 6.20 Å². The first-order valence-electron chi connectivity index (χ1n) is 6.38. The lowest BCUT2D eigenvalue weighted by atomic mass is 10.1. The first kappa shape index (κ1) is 13.7. The van der Waals surface area contributed by atoms with Crippen molar-refractivity contribution in [2.24, 2.45) is 5.92 Å². The van der Waals surface area contributed by atoms with Gasteiger partial charge in [0.25, 0.3) is 0 Å². The number of carbonyl (C=O) groups is 1. The molecule has 6 nitrogen and oxygen atoms in total. The molecule has 2 rings (SSSR count). The van der Waals surface area contributed by atoms with E-state index in [9.17, 15) is 4.79 Å². The summed E-state index contributed by atoms with van der Waals surface area (Å²) in [4.78, 5) is 19.4. The summed E-state index contributed by atoms with van der Waals surface area (Å²) in [5.74, 6) is 0.0292. The molecule has 1 atom stereocenters. The lowest BCUT2D eigenvalue weighted by Crippen LogP contribution is -2.15. The van der Waals surface area contributed by atoms with E-state index in [4.69, 9.17) is 14.6 Å². The predicted octanol–water partition coefficient (Wildman–Crippen LogP) is 1.71. The molecule has 0 aromatic carbocycles. The topological polar surface area (TPSA) is 81.5 Å². The van der Waals surface area contributed by atoms with E-state index in [1.807, 2.05) is 13.8 Å². The van der Waals surface area contributed by atoms with Gasteiger partial charge in [0.15, 0.2) is 11.4 Å². The van der Waals surface area contributed by atoms with Gasteiger partial charge in [-0.3, -0.25) is 0 Å². The second kappa shape index (κ2) is 5.97. The fourth-order valence-corrected chi connectivity index (χ4v) is 1.84. The summed E-state index contributed by atoms with van der Waals surface area (Å²) in [6.07, 6.45) is 2.38. The molecule has 0 spiro atoms. The highest BCUT2D eigenvalue weighted by Gasteiger charge is 2.20. The zero-order chi connectivity index (χ0) is 13.8. The van der Waals surface area contributed by atoms with Crippen molar-refractivity contribution in [3.05, 3.63) is 17.7 Å². The van der Waals surface area contributed by atoms with Gasteiger partial charge in [0, 0.05) is 18.4 Å². The Hall–Kier alpha value is -1.69. The van der Waals surface area contributed by atoms with Gasteiger partial charge in [-0.1, -0.05) is 13.8 Å². The van der Waals surface area contributed by atoms with Gasteiger partial charge in [-0.05, 0) is 6.42 Å². The highest BCUT2D eigenvalue weighted by atomic mass is 16.5. The maximum atomic E-state index is 11.2. The fourth-order valence-electron chi connectivity index (χ4n) is 1.84. The van der Waals surface area contributed by atoms with Crippen molar-refractivity contribution >= 4 is 5.97 Å². The molecular formula is C13H18N2O4. The highest BCUT2D eigenvalue weighted by Crippen LogP contribution is 2.21. The number of hydrogen-bond acceptors (Lipinski definition) is 5. The number of aromatic nitrogens is 2. The minimum atomic E-state index is -1.10. The first-order valence-corrected chi connectivity index (χ1v) is 6.38. The molecule has 19 heavy (non-hydrogen) atoms. The van der Waals surface area contributed by atoms with Crippen LogP contribution in [0.2, 0.25) is 0 Å². The number of nitrogens with zero attached hydrogens (tertiary/aromatic N) is 2.